The van der Waals surface area contributed by atoms with E-state index in [0.29, 0.717) is 0 Å². The minimum absolute atomic E-state index is 0.900. The van der Waals surface area contributed by atoms with E-state index in [1.807, 2.05) is 18.2 Å². The smallest absolute Gasteiger partial charge is 0.151 e. The molecular formula is C130H127N3O. The van der Waals surface area contributed by atoms with Crippen LogP contribution in [0.4, 0.5) is 34.1 Å². The zero-order valence-corrected chi connectivity index (χ0v) is 80.5. The molecule has 0 unspecified atom stereocenters. The molecule has 0 saturated carbocycles. The van der Waals surface area contributed by atoms with E-state index in [9.17, 15) is 0 Å². The number of aryl methyl sites for hydroxylation is 21. The van der Waals surface area contributed by atoms with E-state index in [1.165, 1.54) is 305 Å². The lowest BCUT2D eigenvalue weighted by Crippen LogP contribution is -2.16. The molecule has 0 amide bonds. The maximum absolute atomic E-state index is 6.45. The van der Waals surface area contributed by atoms with Crippen LogP contribution in [0.15, 0.2) is 329 Å². The van der Waals surface area contributed by atoms with Gasteiger partial charge in [-0.25, -0.2) is 0 Å². The fraction of sp³-hybridized carbons (Fsp3) is 0.231. The molecule has 4 aliphatic carbocycles. The summed E-state index contributed by atoms with van der Waals surface area (Å²) in [5.74, 6) is 1.80. The van der Waals surface area contributed by atoms with Crippen LogP contribution in [0.25, 0.3) is 98.3 Å². The highest BCUT2D eigenvalue weighted by Crippen LogP contribution is 2.53. The summed E-state index contributed by atoms with van der Waals surface area (Å²) < 4.78 is 8.93. The number of nitrogens with zero attached hydrogens (tertiary/aromatic N) is 3. The number of ether oxygens (including phenoxy) is 1. The van der Waals surface area contributed by atoms with Gasteiger partial charge in [-0.1, -0.05) is 234 Å². The average Bonchev–Trinajstić information content (AvgIpc) is 1.22. The molecule has 23 rings (SSSR count). The van der Waals surface area contributed by atoms with E-state index in [-0.39, 0.29) is 0 Å². The Kier molecular flexibility index (Phi) is 26.4. The van der Waals surface area contributed by atoms with Crippen molar-refractivity contribution < 1.29 is 4.74 Å². The predicted molar refractivity (Wildman–Crippen MR) is 578 cm³/mol. The van der Waals surface area contributed by atoms with Gasteiger partial charge in [-0.2, -0.15) is 0 Å². The van der Waals surface area contributed by atoms with Crippen molar-refractivity contribution in [3.8, 4) is 44.9 Å². The van der Waals surface area contributed by atoms with E-state index in [2.05, 4.69) is 395 Å². The van der Waals surface area contributed by atoms with Gasteiger partial charge in [0.1, 0.15) is 0 Å². The van der Waals surface area contributed by atoms with Crippen LogP contribution in [0, 0.1) is 69.2 Å². The van der Waals surface area contributed by atoms with Crippen LogP contribution in [0.3, 0.4) is 0 Å². The van der Waals surface area contributed by atoms with Gasteiger partial charge in [-0.05, 0) is 455 Å². The maximum atomic E-state index is 6.45. The predicted octanol–water partition coefficient (Wildman–Crippen LogP) is 35.8. The first kappa shape index (κ1) is 89.4. The zero-order valence-electron chi connectivity index (χ0n) is 80.5. The van der Waals surface area contributed by atoms with Crippen LogP contribution in [0.1, 0.15) is 169 Å². The molecule has 4 nitrogen and oxygen atoms in total. The summed E-state index contributed by atoms with van der Waals surface area (Å²) in [7, 11) is 0. The Morgan fingerprint density at radius 3 is 1.05 bits per heavy atom. The van der Waals surface area contributed by atoms with Crippen LogP contribution < -0.4 is 14.5 Å². The van der Waals surface area contributed by atoms with Gasteiger partial charge < -0.3 is 19.1 Å². The van der Waals surface area contributed by atoms with E-state index in [1.54, 1.807) is 11.1 Å². The number of aromatic nitrogens is 1. The van der Waals surface area contributed by atoms with Crippen LogP contribution in [0.5, 0.6) is 11.5 Å². The molecule has 0 fully saturated rings. The summed E-state index contributed by atoms with van der Waals surface area (Å²) in [6.07, 6.45) is 28.8. The van der Waals surface area contributed by atoms with Crippen molar-refractivity contribution in [1.82, 2.24) is 4.57 Å². The van der Waals surface area contributed by atoms with Gasteiger partial charge in [-0.3, -0.25) is 0 Å². The summed E-state index contributed by atoms with van der Waals surface area (Å²) >= 11 is 0. The third-order valence-electron chi connectivity index (χ3n) is 29.0. The normalized spacial score (nSPS) is 12.7. The SMILES string of the molecule is C=CCCCCc1c(CCCCC=C)c2cc(C)ccc2c2ccc(C)cc12.C=CCCCCn1c2ccc(C)cc2c2cc(C)ccc21.Cc1c2ccccc2c(C)c2cc(-c3ccc4c(c3)CC4)ccc12.Cc1ccc(N(c2ccc(C)cc2)c2ccc3c(c2)CC3)cc1.Cc1ccc2c(c1)Oc1cc(C)ccc1N2c1cc(-c2ccc3c(c2)CC3)cc(-c2ccc3c(c2)CC3)c1. The van der Waals surface area contributed by atoms with Crippen molar-refractivity contribution in [1.29, 1.82) is 0 Å². The second kappa shape index (κ2) is 39.6. The second-order valence-corrected chi connectivity index (χ2v) is 38.7. The number of fused-ring (bicyclic) bond motifs is 14. The summed E-state index contributed by atoms with van der Waals surface area (Å²) in [6, 6.07) is 109. The molecular weight excluding hydrogens is 1620 g/mol. The molecule has 1 aromatic heterocycles. The van der Waals surface area contributed by atoms with Crippen LogP contribution >= 0.6 is 0 Å². The van der Waals surface area contributed by atoms with Crippen LogP contribution in [-0.2, 0) is 70.8 Å². The highest BCUT2D eigenvalue weighted by atomic mass is 16.5. The highest BCUT2D eigenvalue weighted by Gasteiger charge is 2.29. The van der Waals surface area contributed by atoms with Crippen molar-refractivity contribution in [2.75, 3.05) is 9.80 Å². The van der Waals surface area contributed by atoms with Gasteiger partial charge >= 0.3 is 0 Å². The monoisotopic (exact) mass is 1750 g/mol. The lowest BCUT2D eigenvalue weighted by atomic mass is 9.84. The van der Waals surface area contributed by atoms with E-state index in [4.69, 9.17) is 4.74 Å². The molecule has 2 heterocycles. The van der Waals surface area contributed by atoms with Gasteiger partial charge in [0.05, 0.1) is 11.4 Å². The first-order valence-corrected chi connectivity index (χ1v) is 49.3. The lowest BCUT2D eigenvalue weighted by molar-refractivity contribution is 0.476. The molecule has 134 heavy (non-hydrogen) atoms. The Hall–Kier alpha value is -13.8. The fourth-order valence-electron chi connectivity index (χ4n) is 20.9. The van der Waals surface area contributed by atoms with Crippen molar-refractivity contribution in [3.63, 3.8) is 0 Å². The molecule has 0 saturated heterocycles. The Morgan fingerprint density at radius 1 is 0.269 bits per heavy atom. The van der Waals surface area contributed by atoms with Crippen LogP contribution in [-0.4, -0.2) is 4.57 Å². The summed E-state index contributed by atoms with van der Waals surface area (Å²) in [6.45, 7) is 34.4. The minimum Gasteiger partial charge on any atom is -0.453 e. The zero-order chi connectivity index (χ0) is 92.2. The number of allylic oxidation sites excluding steroid dienone is 3. The van der Waals surface area contributed by atoms with Crippen molar-refractivity contribution in [2.24, 2.45) is 0 Å². The number of hydrogen-bond donors (Lipinski definition) is 0. The Bertz CT molecular complexity index is 7220. The second-order valence-electron chi connectivity index (χ2n) is 38.7. The number of anilines is 6. The standard InChI is InChI=1S/C36H29NO.C28H34.C24H20.C22H21N.C20H23N/c1-22-3-13-33-35(15-22)38-36-16-23(2)4-14-34(36)37(33)32-20-30(28-11-7-24-5-9-26(24)17-28)19-31(21-32)29-12-8-25-6-10-27(25)18-29;1-5-7-9-11-13-23-24(14-12-10-8-6-2)28-20-22(4)16-18-26(28)25-17-15-21(3)19-27(23)25;1-15-21-5-3-4-6-22(21)16(2)24-14-20(11-12-23(15)24)19-10-8-17-7-9-18(17)13-19;1-16-3-10-20(11-4-16)23(21-12-5-17(2)6-13-21)22-14-9-18-7-8-19(18)15-22;1-4-5-6-7-12-21-19-10-8-15(2)13-17(19)18-14-16(3)9-11-20(18)21/h3-4,7-8,11-21H,5-6,9-10H2,1-2H3;5-6,15-20H,1-2,7-14H2,3-4H3;3-6,8,10-14H,7,9H2,1-2H3;3-6,9-15H,7-8H2,1-2H3;4,8-11,13-14H,1,5-7,12H2,2-3H3. The number of rotatable bonds is 22. The molecule has 1 aliphatic heterocycles. The molecule has 4 heteroatoms. The van der Waals surface area contributed by atoms with Gasteiger partial charge in [-0.15, -0.1) is 19.7 Å². The quantitative estimate of drug-likeness (QED) is 0.0292. The summed E-state index contributed by atoms with van der Waals surface area (Å²) in [4.78, 5) is 4.72. The van der Waals surface area contributed by atoms with Gasteiger partial charge in [0.2, 0.25) is 0 Å². The number of hydrogen-bond acceptors (Lipinski definition) is 3. The van der Waals surface area contributed by atoms with E-state index in [0.717, 1.165) is 67.2 Å². The van der Waals surface area contributed by atoms with Gasteiger partial charge in [0.25, 0.3) is 0 Å². The third kappa shape index (κ3) is 18.8. The average molecular weight is 1750 g/mol. The largest absolute Gasteiger partial charge is 0.453 e. The molecule has 17 aromatic carbocycles. The molecule has 0 bridgehead atoms. The molecule has 668 valence electrons. The van der Waals surface area contributed by atoms with Crippen molar-refractivity contribution in [2.45, 2.75) is 198 Å². The molecule has 0 spiro atoms. The van der Waals surface area contributed by atoms with Gasteiger partial charge in [0, 0.05) is 51.1 Å². The molecule has 18 aromatic rings. The number of benzene rings is 17. The van der Waals surface area contributed by atoms with Gasteiger partial charge in [0.15, 0.2) is 11.5 Å². The van der Waals surface area contributed by atoms with Crippen LogP contribution in [0.2, 0.25) is 0 Å². The Balaban J connectivity index is 0.000000110. The first-order chi connectivity index (χ1) is 65.4. The maximum Gasteiger partial charge on any atom is 0.151 e. The van der Waals surface area contributed by atoms with Crippen molar-refractivity contribution in [3.05, 3.63) is 440 Å². The number of unbranched alkanes of at least 4 members (excludes halogenated alkanes) is 6. The van der Waals surface area contributed by atoms with E-state index >= 15 is 0 Å². The fourth-order valence-corrected chi connectivity index (χ4v) is 20.9. The Labute approximate surface area is 795 Å². The topological polar surface area (TPSA) is 20.6 Å². The highest BCUT2D eigenvalue weighted by molar-refractivity contribution is 6.12. The molecule has 0 N–H and O–H groups in total. The molecule has 5 aliphatic rings. The Morgan fingerprint density at radius 2 is 0.619 bits per heavy atom. The first-order valence-electron chi connectivity index (χ1n) is 49.3. The summed E-state index contributed by atoms with van der Waals surface area (Å²) in [5.41, 5.74) is 45.7. The molecule has 0 radical (unpaired) electrons. The minimum atomic E-state index is 0.900. The lowest BCUT2D eigenvalue weighted by Gasteiger charge is -2.34. The van der Waals surface area contributed by atoms with Crippen molar-refractivity contribution >= 4 is 99.0 Å². The summed E-state index contributed by atoms with van der Waals surface area (Å²) in [5, 5.41) is 14.0. The third-order valence-corrected chi connectivity index (χ3v) is 29.0. The van der Waals surface area contributed by atoms with E-state index < -0.39 is 0 Å². The molecule has 0 atom stereocenters.